The fourth-order valence-electron chi connectivity index (χ4n) is 1.06. The Kier molecular flexibility index (Phi) is 3.59. The molecule has 0 saturated heterocycles. The van der Waals surface area contributed by atoms with Crippen LogP contribution in [0.5, 0.6) is 0 Å². The van der Waals surface area contributed by atoms with Crippen molar-refractivity contribution >= 4 is 5.97 Å². The van der Waals surface area contributed by atoms with Crippen LogP contribution in [-0.2, 0) is 19.0 Å². The summed E-state index contributed by atoms with van der Waals surface area (Å²) in [7, 11) is 2.73. The van der Waals surface area contributed by atoms with Crippen molar-refractivity contribution in [1.82, 2.24) is 0 Å². The molecule has 0 aromatic rings. The number of ether oxygens (including phenoxy) is 3. The molecule has 7 nitrogen and oxygen atoms in total. The molecule has 1 heterocycles. The quantitative estimate of drug-likeness (QED) is 0.302. The molecule has 1 aliphatic rings. The molecule has 0 radical (unpaired) electrons. The molecule has 0 atom stereocenters. The lowest BCUT2D eigenvalue weighted by Gasteiger charge is -2.00. The zero-order valence-corrected chi connectivity index (χ0v) is 8.26. The number of methoxy groups -OCH3 is 2. The Balaban J connectivity index is 2.94. The van der Waals surface area contributed by atoms with Gasteiger partial charge in [-0.05, 0) is 11.6 Å². The second-order valence-corrected chi connectivity index (χ2v) is 2.44. The number of azide groups is 1. The van der Waals surface area contributed by atoms with Gasteiger partial charge in [0.2, 0.25) is 5.76 Å². The van der Waals surface area contributed by atoms with Crippen LogP contribution in [-0.4, -0.2) is 26.7 Å². The van der Waals surface area contributed by atoms with E-state index < -0.39 is 5.97 Å². The number of carbonyl (C=O) groups is 1. The molecule has 0 aromatic carbocycles. The van der Waals surface area contributed by atoms with Gasteiger partial charge in [0, 0.05) is 11.5 Å². The van der Waals surface area contributed by atoms with Crippen LogP contribution in [0.15, 0.2) is 28.5 Å². The highest BCUT2D eigenvalue weighted by Crippen LogP contribution is 2.26. The molecule has 1 rings (SSSR count). The fraction of sp³-hybridized carbons (Fsp3) is 0.375. The largest absolute Gasteiger partial charge is 0.490 e. The molecule has 0 unspecified atom stereocenters. The zero-order chi connectivity index (χ0) is 11.3. The third-order valence-corrected chi connectivity index (χ3v) is 1.65. The van der Waals surface area contributed by atoms with Crippen LogP contribution >= 0.6 is 0 Å². The summed E-state index contributed by atoms with van der Waals surface area (Å²) in [5.74, 6) is -0.214. The van der Waals surface area contributed by atoms with Crippen molar-refractivity contribution in [3.63, 3.8) is 0 Å². The third-order valence-electron chi connectivity index (χ3n) is 1.65. The van der Waals surface area contributed by atoms with E-state index in [0.29, 0.717) is 0 Å². The first kappa shape index (κ1) is 10.9. The SMILES string of the molecule is COC1=C(OC)C(=CCN=[N+]=[N-])OC1=O. The van der Waals surface area contributed by atoms with Crippen LogP contribution < -0.4 is 0 Å². The van der Waals surface area contributed by atoms with Gasteiger partial charge in [-0.25, -0.2) is 4.79 Å². The molecule has 0 aromatic heterocycles. The van der Waals surface area contributed by atoms with Gasteiger partial charge < -0.3 is 14.2 Å². The van der Waals surface area contributed by atoms with Crippen molar-refractivity contribution < 1.29 is 19.0 Å². The molecule has 0 amide bonds. The van der Waals surface area contributed by atoms with Gasteiger partial charge in [-0.3, -0.25) is 0 Å². The number of carbonyl (C=O) groups excluding carboxylic acids is 1. The monoisotopic (exact) mass is 211 g/mol. The predicted octanol–water partition coefficient (Wildman–Crippen LogP) is 1.24. The Morgan fingerprint density at radius 2 is 2.13 bits per heavy atom. The van der Waals surface area contributed by atoms with E-state index in [4.69, 9.17) is 19.7 Å². The lowest BCUT2D eigenvalue weighted by Crippen LogP contribution is -2.00. The molecule has 0 saturated carbocycles. The number of esters is 1. The van der Waals surface area contributed by atoms with Crippen LogP contribution in [0, 0.1) is 0 Å². The highest BCUT2D eigenvalue weighted by Gasteiger charge is 2.32. The topological polar surface area (TPSA) is 93.5 Å². The van der Waals surface area contributed by atoms with E-state index >= 15 is 0 Å². The smallest absolute Gasteiger partial charge is 0.383 e. The lowest BCUT2D eigenvalue weighted by atomic mass is 10.3. The maximum atomic E-state index is 11.2. The van der Waals surface area contributed by atoms with Crippen LogP contribution in [0.4, 0.5) is 0 Å². The Morgan fingerprint density at radius 3 is 2.67 bits per heavy atom. The molecule has 1 aliphatic heterocycles. The van der Waals surface area contributed by atoms with Crippen molar-refractivity contribution in [3.05, 3.63) is 33.8 Å². The van der Waals surface area contributed by atoms with E-state index in [-0.39, 0.29) is 23.8 Å². The number of cyclic esters (lactones) is 1. The second-order valence-electron chi connectivity index (χ2n) is 2.44. The second kappa shape index (κ2) is 4.92. The van der Waals surface area contributed by atoms with Gasteiger partial charge in [0.25, 0.3) is 5.76 Å². The Hall–Kier alpha value is -2.14. The van der Waals surface area contributed by atoms with Gasteiger partial charge in [-0.1, -0.05) is 5.11 Å². The Labute approximate surface area is 85.5 Å². The van der Waals surface area contributed by atoms with E-state index in [9.17, 15) is 4.79 Å². The molecule has 0 aliphatic carbocycles. The minimum atomic E-state index is -0.624. The Bertz CT molecular complexity index is 379. The first-order chi connectivity index (χ1) is 7.24. The first-order valence-corrected chi connectivity index (χ1v) is 4.00. The molecule has 80 valence electrons. The highest BCUT2D eigenvalue weighted by atomic mass is 16.6. The van der Waals surface area contributed by atoms with Crippen LogP contribution in [0.2, 0.25) is 0 Å². The highest BCUT2D eigenvalue weighted by molar-refractivity contribution is 5.91. The minimum Gasteiger partial charge on any atom is -0.490 e. The molecule has 15 heavy (non-hydrogen) atoms. The molecule has 7 heteroatoms. The average molecular weight is 211 g/mol. The molecular weight excluding hydrogens is 202 g/mol. The standard InChI is InChI=1S/C8H9N3O4/c1-13-6-5(3-4-10-11-9)15-8(12)7(6)14-2/h3H,4H2,1-2H3. The van der Waals surface area contributed by atoms with Crippen LogP contribution in [0.1, 0.15) is 0 Å². The number of hydrogen-bond donors (Lipinski definition) is 0. The number of rotatable bonds is 4. The summed E-state index contributed by atoms with van der Waals surface area (Å²) in [6.07, 6.45) is 1.43. The maximum absolute atomic E-state index is 11.2. The summed E-state index contributed by atoms with van der Waals surface area (Å²) >= 11 is 0. The van der Waals surface area contributed by atoms with E-state index in [0.717, 1.165) is 0 Å². The summed E-state index contributed by atoms with van der Waals surface area (Å²) in [4.78, 5) is 13.7. The van der Waals surface area contributed by atoms with Gasteiger partial charge in [-0.2, -0.15) is 0 Å². The van der Waals surface area contributed by atoms with Crippen molar-refractivity contribution in [3.8, 4) is 0 Å². The van der Waals surface area contributed by atoms with Crippen molar-refractivity contribution in [2.75, 3.05) is 20.8 Å². The van der Waals surface area contributed by atoms with Gasteiger partial charge >= 0.3 is 5.97 Å². The van der Waals surface area contributed by atoms with Gasteiger partial charge in [-0.15, -0.1) is 0 Å². The van der Waals surface area contributed by atoms with Gasteiger partial charge in [0.05, 0.1) is 14.2 Å². The summed E-state index contributed by atoms with van der Waals surface area (Å²) < 4.78 is 14.6. The maximum Gasteiger partial charge on any atom is 0.383 e. The van der Waals surface area contributed by atoms with E-state index in [1.807, 2.05) is 0 Å². The molecule has 0 fully saturated rings. The van der Waals surface area contributed by atoms with Crippen molar-refractivity contribution in [1.29, 1.82) is 0 Å². The van der Waals surface area contributed by atoms with E-state index in [1.54, 1.807) is 0 Å². The normalized spacial score (nSPS) is 17.5. The van der Waals surface area contributed by atoms with Crippen molar-refractivity contribution in [2.45, 2.75) is 0 Å². The Morgan fingerprint density at radius 1 is 1.47 bits per heavy atom. The van der Waals surface area contributed by atoms with Crippen LogP contribution in [0.3, 0.4) is 0 Å². The fourth-order valence-corrected chi connectivity index (χ4v) is 1.06. The summed E-state index contributed by atoms with van der Waals surface area (Å²) in [5, 5.41) is 3.27. The molecular formula is C8H9N3O4. The van der Waals surface area contributed by atoms with Crippen molar-refractivity contribution in [2.24, 2.45) is 5.11 Å². The molecule has 0 bridgehead atoms. The summed E-state index contributed by atoms with van der Waals surface area (Å²) in [6.45, 7) is 0.0724. The number of hydrogen-bond acceptors (Lipinski definition) is 5. The lowest BCUT2D eigenvalue weighted by molar-refractivity contribution is -0.136. The van der Waals surface area contributed by atoms with Gasteiger partial charge in [0.1, 0.15) is 0 Å². The molecule has 0 spiro atoms. The predicted molar refractivity (Wildman–Crippen MR) is 49.2 cm³/mol. The zero-order valence-electron chi connectivity index (χ0n) is 8.26. The summed E-state index contributed by atoms with van der Waals surface area (Å²) in [5.41, 5.74) is 8.07. The van der Waals surface area contributed by atoms with E-state index in [2.05, 4.69) is 10.0 Å². The minimum absolute atomic E-state index is 0.00434. The third kappa shape index (κ3) is 2.21. The summed E-state index contributed by atoms with van der Waals surface area (Å²) in [6, 6.07) is 0. The van der Waals surface area contributed by atoms with E-state index in [1.165, 1.54) is 20.3 Å². The first-order valence-electron chi connectivity index (χ1n) is 4.00. The van der Waals surface area contributed by atoms with Crippen LogP contribution in [0.25, 0.3) is 10.4 Å². The average Bonchev–Trinajstić information content (AvgIpc) is 2.54. The number of nitrogens with zero attached hydrogens (tertiary/aromatic N) is 3. The van der Waals surface area contributed by atoms with Gasteiger partial charge in [0.15, 0.2) is 5.76 Å². The molecule has 0 N–H and O–H groups in total.